The average molecular weight is 316 g/mol. The van der Waals surface area contributed by atoms with Crippen molar-refractivity contribution in [3.63, 3.8) is 0 Å². The molecule has 23 heavy (non-hydrogen) atoms. The summed E-state index contributed by atoms with van der Waals surface area (Å²) in [5.74, 6) is -0.766. The highest BCUT2D eigenvalue weighted by Gasteiger charge is 2.24. The molecule has 1 aromatic carbocycles. The van der Waals surface area contributed by atoms with Crippen molar-refractivity contribution in [2.24, 2.45) is 0 Å². The summed E-state index contributed by atoms with van der Waals surface area (Å²) in [4.78, 5) is 24.2. The van der Waals surface area contributed by atoms with E-state index in [1.165, 1.54) is 7.11 Å². The minimum absolute atomic E-state index is 0.0793. The molecule has 0 saturated carbocycles. The third-order valence-electron chi connectivity index (χ3n) is 3.42. The normalized spacial score (nSPS) is 12.0. The van der Waals surface area contributed by atoms with E-state index >= 15 is 0 Å². The zero-order valence-electron chi connectivity index (χ0n) is 13.4. The van der Waals surface area contributed by atoms with Crippen LogP contribution < -0.4 is 5.32 Å². The fourth-order valence-corrected chi connectivity index (χ4v) is 2.08. The van der Waals surface area contributed by atoms with E-state index in [4.69, 9.17) is 9.26 Å². The van der Waals surface area contributed by atoms with Gasteiger partial charge in [-0.25, -0.2) is 4.79 Å². The summed E-state index contributed by atoms with van der Waals surface area (Å²) in [7, 11) is 1.29. The summed E-state index contributed by atoms with van der Waals surface area (Å²) in [6.07, 6.45) is 0.338. The molecule has 1 atom stereocenters. The van der Waals surface area contributed by atoms with Gasteiger partial charge in [0.25, 0.3) is 5.91 Å². The zero-order chi connectivity index (χ0) is 16.8. The fourth-order valence-electron chi connectivity index (χ4n) is 2.08. The third kappa shape index (κ3) is 4.42. The van der Waals surface area contributed by atoms with E-state index in [9.17, 15) is 9.59 Å². The molecule has 0 bridgehead atoms. The van der Waals surface area contributed by atoms with Gasteiger partial charge in [-0.3, -0.25) is 4.79 Å². The number of esters is 1. The highest BCUT2D eigenvalue weighted by molar-refractivity contribution is 5.94. The minimum Gasteiger partial charge on any atom is -0.467 e. The molecular formula is C17H20N2O4. The van der Waals surface area contributed by atoms with Gasteiger partial charge < -0.3 is 14.6 Å². The molecule has 2 aromatic rings. The van der Waals surface area contributed by atoms with Crippen LogP contribution >= 0.6 is 0 Å². The molecule has 6 heteroatoms. The molecular weight excluding hydrogens is 296 g/mol. The first kappa shape index (κ1) is 16.7. The number of carbonyl (C=O) groups excluding carboxylic acids is 2. The first-order chi connectivity index (χ1) is 11.0. The first-order valence-electron chi connectivity index (χ1n) is 7.40. The van der Waals surface area contributed by atoms with Crippen molar-refractivity contribution in [2.75, 3.05) is 7.11 Å². The second kappa shape index (κ2) is 7.58. The molecule has 6 nitrogen and oxygen atoms in total. The van der Waals surface area contributed by atoms with Crippen LogP contribution in [0.25, 0.3) is 0 Å². The van der Waals surface area contributed by atoms with Crippen LogP contribution in [0.4, 0.5) is 0 Å². The number of nitrogens with one attached hydrogen (secondary N) is 1. The number of carbonyl (C=O) groups is 2. The van der Waals surface area contributed by atoms with E-state index in [1.807, 2.05) is 44.2 Å². The largest absolute Gasteiger partial charge is 0.467 e. The third-order valence-corrected chi connectivity index (χ3v) is 3.42. The molecule has 0 radical (unpaired) electrons. The minimum atomic E-state index is -0.789. The Kier molecular flexibility index (Phi) is 5.51. The van der Waals surface area contributed by atoms with Crippen molar-refractivity contribution in [3.05, 3.63) is 53.4 Å². The number of ether oxygens (including phenoxy) is 1. The predicted molar refractivity (Wildman–Crippen MR) is 84.0 cm³/mol. The molecule has 0 fully saturated rings. The molecule has 0 spiro atoms. The molecule has 122 valence electrons. The summed E-state index contributed by atoms with van der Waals surface area (Å²) in [6.45, 7) is 3.90. The van der Waals surface area contributed by atoms with Crippen LogP contribution in [0, 0.1) is 0 Å². The lowest BCUT2D eigenvalue weighted by Crippen LogP contribution is -2.43. The van der Waals surface area contributed by atoms with E-state index in [0.29, 0.717) is 12.1 Å². The van der Waals surface area contributed by atoms with Gasteiger partial charge in [0.05, 0.1) is 12.8 Å². The van der Waals surface area contributed by atoms with Gasteiger partial charge in [0.1, 0.15) is 6.04 Å². The highest BCUT2D eigenvalue weighted by atomic mass is 16.5. The molecule has 1 amide bonds. The number of aromatic nitrogens is 1. The predicted octanol–water partition coefficient (Wildman–Crippen LogP) is 2.31. The number of rotatable bonds is 6. The lowest BCUT2D eigenvalue weighted by Gasteiger charge is -2.15. The van der Waals surface area contributed by atoms with E-state index in [1.54, 1.807) is 6.07 Å². The maximum atomic E-state index is 12.2. The monoisotopic (exact) mass is 316 g/mol. The molecule has 1 heterocycles. The van der Waals surface area contributed by atoms with Gasteiger partial charge in [-0.1, -0.05) is 49.3 Å². The van der Waals surface area contributed by atoms with Crippen LogP contribution in [0.15, 0.2) is 40.9 Å². The number of nitrogens with zero attached hydrogens (tertiary/aromatic N) is 1. The Labute approximate surface area is 134 Å². The summed E-state index contributed by atoms with van der Waals surface area (Å²) < 4.78 is 9.80. The van der Waals surface area contributed by atoms with Gasteiger partial charge in [0.15, 0.2) is 0 Å². The molecule has 1 N–H and O–H groups in total. The van der Waals surface area contributed by atoms with E-state index in [-0.39, 0.29) is 11.7 Å². The molecule has 2 rings (SSSR count). The Bertz CT molecular complexity index is 664. The van der Waals surface area contributed by atoms with Crippen LogP contribution in [0.5, 0.6) is 0 Å². The lowest BCUT2D eigenvalue weighted by atomic mass is 10.1. The maximum absolute atomic E-state index is 12.2. The lowest BCUT2D eigenvalue weighted by molar-refractivity contribution is -0.142. The number of hydrogen-bond acceptors (Lipinski definition) is 5. The van der Waals surface area contributed by atoms with Gasteiger partial charge in [-0.2, -0.15) is 0 Å². The second-order valence-corrected chi connectivity index (χ2v) is 5.51. The van der Waals surface area contributed by atoms with E-state index < -0.39 is 17.9 Å². The maximum Gasteiger partial charge on any atom is 0.328 e. The van der Waals surface area contributed by atoms with Crippen molar-refractivity contribution < 1.29 is 18.8 Å². The van der Waals surface area contributed by atoms with Crippen LogP contribution in [-0.4, -0.2) is 30.2 Å². The molecule has 1 aromatic heterocycles. The second-order valence-electron chi connectivity index (χ2n) is 5.51. The van der Waals surface area contributed by atoms with E-state index in [2.05, 4.69) is 10.5 Å². The van der Waals surface area contributed by atoms with Crippen LogP contribution in [0.2, 0.25) is 0 Å². The van der Waals surface area contributed by atoms with Crippen molar-refractivity contribution in [3.8, 4) is 0 Å². The number of methoxy groups -OCH3 is 1. The summed E-state index contributed by atoms with van der Waals surface area (Å²) in [5.41, 5.74) is 1.61. The molecule has 0 aliphatic rings. The SMILES string of the molecule is COC(=O)C(Cc1ccccc1)NC(=O)c1cc(C(C)C)no1. The van der Waals surface area contributed by atoms with Crippen molar-refractivity contribution in [1.29, 1.82) is 0 Å². The van der Waals surface area contributed by atoms with Gasteiger partial charge in [-0.05, 0) is 11.5 Å². The Morgan fingerprint density at radius 2 is 1.96 bits per heavy atom. The molecule has 0 aliphatic carbocycles. The van der Waals surface area contributed by atoms with Crippen molar-refractivity contribution in [1.82, 2.24) is 10.5 Å². The average Bonchev–Trinajstić information content (AvgIpc) is 3.05. The molecule has 0 saturated heterocycles. The summed E-state index contributed by atoms with van der Waals surface area (Å²) in [6, 6.07) is 10.2. The van der Waals surface area contributed by atoms with Crippen LogP contribution in [0.3, 0.4) is 0 Å². The smallest absolute Gasteiger partial charge is 0.328 e. The Hall–Kier alpha value is -2.63. The molecule has 1 unspecified atom stereocenters. The Balaban J connectivity index is 2.10. The highest BCUT2D eigenvalue weighted by Crippen LogP contribution is 2.14. The Morgan fingerprint density at radius 3 is 2.52 bits per heavy atom. The topological polar surface area (TPSA) is 81.4 Å². The van der Waals surface area contributed by atoms with Gasteiger partial charge in [0, 0.05) is 12.5 Å². The van der Waals surface area contributed by atoms with Crippen LogP contribution in [-0.2, 0) is 16.0 Å². The summed E-state index contributed by atoms with van der Waals surface area (Å²) in [5, 5.41) is 6.48. The fraction of sp³-hybridized carbons (Fsp3) is 0.353. The van der Waals surface area contributed by atoms with Crippen LogP contribution in [0.1, 0.15) is 41.6 Å². The zero-order valence-corrected chi connectivity index (χ0v) is 13.4. The number of hydrogen-bond donors (Lipinski definition) is 1. The first-order valence-corrected chi connectivity index (χ1v) is 7.40. The van der Waals surface area contributed by atoms with Gasteiger partial charge in [0.2, 0.25) is 5.76 Å². The van der Waals surface area contributed by atoms with Gasteiger partial charge >= 0.3 is 5.97 Å². The van der Waals surface area contributed by atoms with E-state index in [0.717, 1.165) is 5.56 Å². The van der Waals surface area contributed by atoms with Crippen molar-refractivity contribution in [2.45, 2.75) is 32.2 Å². The standard InChI is InChI=1S/C17H20N2O4/c1-11(2)13-10-15(23-19-13)16(20)18-14(17(21)22-3)9-12-7-5-4-6-8-12/h4-8,10-11,14H,9H2,1-3H3,(H,18,20). The molecule has 0 aliphatic heterocycles. The quantitative estimate of drug-likeness (QED) is 0.827. The number of benzene rings is 1. The van der Waals surface area contributed by atoms with Gasteiger partial charge in [-0.15, -0.1) is 0 Å². The van der Waals surface area contributed by atoms with Crippen molar-refractivity contribution >= 4 is 11.9 Å². The Morgan fingerprint density at radius 1 is 1.26 bits per heavy atom. The summed E-state index contributed by atoms with van der Waals surface area (Å²) >= 11 is 0. The number of amides is 1.